The zero-order chi connectivity index (χ0) is 19.7. The summed E-state index contributed by atoms with van der Waals surface area (Å²) in [6.07, 6.45) is 7.55. The number of rotatable bonds is 7. The molecule has 2 saturated carbocycles. The van der Waals surface area contributed by atoms with Gasteiger partial charge in [-0.1, -0.05) is 6.42 Å². The molecule has 154 valence electrons. The van der Waals surface area contributed by atoms with E-state index in [0.717, 1.165) is 30.7 Å². The molecule has 2 aliphatic carbocycles. The van der Waals surface area contributed by atoms with E-state index in [1.165, 1.54) is 19.3 Å². The molecule has 3 aliphatic rings. The maximum Gasteiger partial charge on any atom is 0.243 e. The summed E-state index contributed by atoms with van der Waals surface area (Å²) < 4.78 is 32.6. The van der Waals surface area contributed by atoms with Crippen molar-refractivity contribution >= 4 is 15.9 Å². The number of methoxy groups -OCH3 is 1. The Hall–Kier alpha value is -1.60. The minimum atomic E-state index is -3.47. The van der Waals surface area contributed by atoms with Gasteiger partial charge in [-0.2, -0.15) is 4.31 Å². The van der Waals surface area contributed by atoms with Crippen LogP contribution in [0.3, 0.4) is 0 Å². The number of carbonyl (C=O) groups excluding carboxylic acids is 1. The van der Waals surface area contributed by atoms with Crippen LogP contribution >= 0.6 is 0 Å². The third kappa shape index (κ3) is 3.92. The summed E-state index contributed by atoms with van der Waals surface area (Å²) in [5.74, 6) is 2.13. The van der Waals surface area contributed by atoms with Crippen LogP contribution in [0.15, 0.2) is 23.1 Å². The first-order chi connectivity index (χ1) is 13.5. The van der Waals surface area contributed by atoms with Crippen molar-refractivity contribution in [2.45, 2.75) is 62.3 Å². The van der Waals surface area contributed by atoms with Gasteiger partial charge in [0.05, 0.1) is 12.0 Å². The number of sulfonamides is 1. The van der Waals surface area contributed by atoms with Crippen molar-refractivity contribution < 1.29 is 17.9 Å². The van der Waals surface area contributed by atoms with Crippen molar-refractivity contribution in [3.63, 3.8) is 0 Å². The maximum absolute atomic E-state index is 12.8. The Kier molecular flexibility index (Phi) is 5.65. The summed E-state index contributed by atoms with van der Waals surface area (Å²) in [6.45, 7) is 1.16. The molecule has 2 bridgehead atoms. The quantitative estimate of drug-likeness (QED) is 0.755. The number of benzene rings is 1. The molecule has 1 N–H and O–H groups in total. The molecule has 3 atom stereocenters. The van der Waals surface area contributed by atoms with Gasteiger partial charge < -0.3 is 10.1 Å². The molecule has 1 aromatic carbocycles. The summed E-state index contributed by atoms with van der Waals surface area (Å²) in [7, 11) is -1.90. The van der Waals surface area contributed by atoms with Crippen LogP contribution in [-0.2, 0) is 21.2 Å². The fourth-order valence-corrected chi connectivity index (χ4v) is 6.71. The summed E-state index contributed by atoms with van der Waals surface area (Å²) in [5.41, 5.74) is 0.769. The number of nitrogens with zero attached hydrogens (tertiary/aromatic N) is 1. The smallest absolute Gasteiger partial charge is 0.243 e. The van der Waals surface area contributed by atoms with Gasteiger partial charge in [0.25, 0.3) is 0 Å². The van der Waals surface area contributed by atoms with Crippen molar-refractivity contribution in [3.05, 3.63) is 23.8 Å². The van der Waals surface area contributed by atoms with Crippen LogP contribution in [0.5, 0.6) is 5.75 Å². The molecule has 7 heteroatoms. The maximum atomic E-state index is 12.8. The number of ether oxygens (including phenoxy) is 1. The first-order valence-corrected chi connectivity index (χ1v) is 11.9. The normalized spacial score (nSPS) is 27.2. The summed E-state index contributed by atoms with van der Waals surface area (Å²) in [4.78, 5) is 12.8. The largest absolute Gasteiger partial charge is 0.496 e. The van der Waals surface area contributed by atoms with Crippen LogP contribution in [-0.4, -0.2) is 44.9 Å². The minimum absolute atomic E-state index is 0.0485. The Labute approximate surface area is 167 Å². The van der Waals surface area contributed by atoms with Crippen molar-refractivity contribution in [2.24, 2.45) is 11.8 Å². The standard InChI is InChI=1S/C21H30N2O4S/c1-27-20-8-7-18(28(25,26)23-10-2-3-11-23)14-17(20)6-9-21(24)22-19-13-15-4-5-16(19)12-15/h7-8,14-16,19H,2-6,9-13H2,1H3,(H,22,24)/t15-,16-,19-/m0/s1. The fraction of sp³-hybridized carbons (Fsp3) is 0.667. The molecule has 1 saturated heterocycles. The number of amides is 1. The van der Waals surface area contributed by atoms with E-state index in [9.17, 15) is 13.2 Å². The van der Waals surface area contributed by atoms with E-state index < -0.39 is 10.0 Å². The second-order valence-corrected chi connectivity index (χ2v) is 10.4. The SMILES string of the molecule is COc1ccc(S(=O)(=O)N2CCCC2)cc1CCC(=O)N[C@H]1C[C@H]2CC[C@H]1C2. The Morgan fingerprint density at radius 3 is 2.64 bits per heavy atom. The van der Waals surface area contributed by atoms with Crippen LogP contribution in [0, 0.1) is 11.8 Å². The molecule has 28 heavy (non-hydrogen) atoms. The zero-order valence-corrected chi connectivity index (χ0v) is 17.3. The third-order valence-corrected chi connectivity index (χ3v) is 8.56. The zero-order valence-electron chi connectivity index (χ0n) is 16.5. The Morgan fingerprint density at radius 1 is 1.21 bits per heavy atom. The predicted molar refractivity (Wildman–Crippen MR) is 107 cm³/mol. The Morgan fingerprint density at radius 2 is 2.00 bits per heavy atom. The second-order valence-electron chi connectivity index (χ2n) is 8.43. The lowest BCUT2D eigenvalue weighted by atomic mass is 9.95. The molecule has 0 radical (unpaired) electrons. The van der Waals surface area contributed by atoms with Gasteiger partial charge in [0.2, 0.25) is 15.9 Å². The van der Waals surface area contributed by atoms with Gasteiger partial charge in [-0.15, -0.1) is 0 Å². The minimum Gasteiger partial charge on any atom is -0.496 e. The number of fused-ring (bicyclic) bond motifs is 2. The lowest BCUT2D eigenvalue weighted by molar-refractivity contribution is -0.122. The number of nitrogens with one attached hydrogen (secondary N) is 1. The number of hydrogen-bond acceptors (Lipinski definition) is 4. The van der Waals surface area contributed by atoms with E-state index in [0.29, 0.717) is 48.5 Å². The highest BCUT2D eigenvalue weighted by atomic mass is 32.2. The van der Waals surface area contributed by atoms with Crippen molar-refractivity contribution in [1.29, 1.82) is 0 Å². The van der Waals surface area contributed by atoms with Gasteiger partial charge in [-0.3, -0.25) is 4.79 Å². The molecule has 1 aromatic rings. The molecule has 0 unspecified atom stereocenters. The van der Waals surface area contributed by atoms with Crippen LogP contribution < -0.4 is 10.1 Å². The van der Waals surface area contributed by atoms with E-state index in [1.807, 2.05) is 0 Å². The summed E-state index contributed by atoms with van der Waals surface area (Å²) in [6, 6.07) is 5.31. The highest BCUT2D eigenvalue weighted by Gasteiger charge is 2.40. The molecule has 4 rings (SSSR count). The first-order valence-electron chi connectivity index (χ1n) is 10.4. The topological polar surface area (TPSA) is 75.7 Å². The fourth-order valence-electron chi connectivity index (χ4n) is 5.14. The summed E-state index contributed by atoms with van der Waals surface area (Å²) >= 11 is 0. The third-order valence-electron chi connectivity index (χ3n) is 6.66. The van der Waals surface area contributed by atoms with E-state index in [1.54, 1.807) is 29.6 Å². The van der Waals surface area contributed by atoms with E-state index in [4.69, 9.17) is 4.74 Å². The van der Waals surface area contributed by atoms with Gasteiger partial charge in [-0.25, -0.2) is 8.42 Å². The van der Waals surface area contributed by atoms with Crippen LogP contribution in [0.4, 0.5) is 0 Å². The van der Waals surface area contributed by atoms with Crippen molar-refractivity contribution in [1.82, 2.24) is 9.62 Å². The molecule has 0 aromatic heterocycles. The predicted octanol–water partition coefficient (Wildman–Crippen LogP) is 2.72. The van der Waals surface area contributed by atoms with E-state index in [2.05, 4.69) is 5.32 Å². The second kappa shape index (κ2) is 8.03. The molecule has 1 aliphatic heterocycles. The number of carbonyl (C=O) groups is 1. The van der Waals surface area contributed by atoms with Crippen LogP contribution in [0.2, 0.25) is 0 Å². The van der Waals surface area contributed by atoms with Crippen molar-refractivity contribution in [2.75, 3.05) is 20.2 Å². The number of aryl methyl sites for hydroxylation is 1. The molecular formula is C21H30N2O4S. The molecule has 3 fully saturated rings. The molecule has 0 spiro atoms. The Balaban J connectivity index is 1.42. The van der Waals surface area contributed by atoms with Crippen molar-refractivity contribution in [3.8, 4) is 5.75 Å². The van der Waals surface area contributed by atoms with Gasteiger partial charge in [0.1, 0.15) is 5.75 Å². The van der Waals surface area contributed by atoms with Gasteiger partial charge in [-0.05, 0) is 74.1 Å². The molecular weight excluding hydrogens is 376 g/mol. The van der Waals surface area contributed by atoms with E-state index >= 15 is 0 Å². The lowest BCUT2D eigenvalue weighted by Crippen LogP contribution is -2.38. The van der Waals surface area contributed by atoms with E-state index in [-0.39, 0.29) is 5.91 Å². The Bertz CT molecular complexity index is 833. The van der Waals surface area contributed by atoms with Gasteiger partial charge in [0, 0.05) is 25.6 Å². The molecule has 6 nitrogen and oxygen atoms in total. The molecule has 1 heterocycles. The monoisotopic (exact) mass is 406 g/mol. The number of hydrogen-bond donors (Lipinski definition) is 1. The molecule has 1 amide bonds. The van der Waals surface area contributed by atoms with Crippen LogP contribution in [0.1, 0.15) is 50.5 Å². The van der Waals surface area contributed by atoms with Gasteiger partial charge >= 0.3 is 0 Å². The average Bonchev–Trinajstić information content (AvgIpc) is 3.44. The highest BCUT2D eigenvalue weighted by Crippen LogP contribution is 2.44. The average molecular weight is 407 g/mol. The van der Waals surface area contributed by atoms with Gasteiger partial charge in [0.15, 0.2) is 0 Å². The summed E-state index contributed by atoms with van der Waals surface area (Å²) in [5, 5.41) is 3.20. The van der Waals surface area contributed by atoms with Crippen LogP contribution in [0.25, 0.3) is 0 Å². The highest BCUT2D eigenvalue weighted by molar-refractivity contribution is 7.89. The first kappa shape index (κ1) is 19.7. The lowest BCUT2D eigenvalue weighted by Gasteiger charge is -2.23.